The molecule has 0 aliphatic heterocycles. The number of aromatic nitrogens is 3. The summed E-state index contributed by atoms with van der Waals surface area (Å²) in [5, 5.41) is 7.21. The first kappa shape index (κ1) is 38.4. The van der Waals surface area contributed by atoms with Gasteiger partial charge >= 0.3 is 0 Å². The van der Waals surface area contributed by atoms with Gasteiger partial charge in [-0.1, -0.05) is 188 Å². The van der Waals surface area contributed by atoms with E-state index in [4.69, 9.17) is 15.0 Å². The molecule has 66 heavy (non-hydrogen) atoms. The standard InChI is InChI=1S/C61H37N3S2/c1-3-16-38(17-4-1)40-32-34-42(35-33-40)52-36-43(39-18-5-2-6-19-39)37-53(45-25-13-21-41-20-7-8-22-44(41)45)56(52)61-63-59(50-28-14-26-48-46-23-9-11-30-54(46)65-57(48)50)62-60(64-61)51-29-15-27-49-47-24-10-12-31-55(47)66-58(49)51/h1-37H. The number of fused-ring (bicyclic) bond motifs is 7. The zero-order valence-corrected chi connectivity index (χ0v) is 37.2. The number of thiophene rings is 2. The third kappa shape index (κ3) is 6.51. The van der Waals surface area contributed by atoms with Gasteiger partial charge < -0.3 is 0 Å². The summed E-state index contributed by atoms with van der Waals surface area (Å²) >= 11 is 3.59. The van der Waals surface area contributed by atoms with Crippen molar-refractivity contribution in [1.29, 1.82) is 0 Å². The van der Waals surface area contributed by atoms with Crippen LogP contribution in [0.5, 0.6) is 0 Å². The molecule has 0 saturated carbocycles. The molecule has 0 unspecified atom stereocenters. The van der Waals surface area contributed by atoms with Crippen LogP contribution in [0.2, 0.25) is 0 Å². The average molecular weight is 876 g/mol. The summed E-state index contributed by atoms with van der Waals surface area (Å²) in [5.41, 5.74) is 11.8. The molecule has 0 aliphatic carbocycles. The van der Waals surface area contributed by atoms with Gasteiger partial charge in [-0.2, -0.15) is 0 Å². The minimum absolute atomic E-state index is 0.621. The Kier molecular flexibility index (Phi) is 9.22. The van der Waals surface area contributed by atoms with E-state index < -0.39 is 0 Å². The van der Waals surface area contributed by atoms with E-state index in [0.29, 0.717) is 17.5 Å². The van der Waals surface area contributed by atoms with E-state index in [9.17, 15) is 0 Å². The highest BCUT2D eigenvalue weighted by atomic mass is 32.1. The Morgan fingerprint density at radius 3 is 1.30 bits per heavy atom. The Bertz CT molecular complexity index is 3850. The molecule has 0 spiro atoms. The second-order valence-electron chi connectivity index (χ2n) is 16.6. The van der Waals surface area contributed by atoms with Crippen molar-refractivity contribution in [2.24, 2.45) is 0 Å². The van der Waals surface area contributed by atoms with Gasteiger partial charge in [-0.3, -0.25) is 0 Å². The molecule has 3 aromatic heterocycles. The lowest BCUT2D eigenvalue weighted by atomic mass is 9.85. The van der Waals surface area contributed by atoms with E-state index >= 15 is 0 Å². The summed E-state index contributed by atoms with van der Waals surface area (Å²) < 4.78 is 4.79. The minimum Gasteiger partial charge on any atom is -0.208 e. The van der Waals surface area contributed by atoms with Crippen LogP contribution in [0, 0.1) is 0 Å². The zero-order chi connectivity index (χ0) is 43.6. The maximum Gasteiger partial charge on any atom is 0.165 e. The fraction of sp³-hybridized carbons (Fsp3) is 0. The quantitative estimate of drug-likeness (QED) is 0.160. The van der Waals surface area contributed by atoms with E-state index in [1.807, 2.05) is 0 Å². The zero-order valence-electron chi connectivity index (χ0n) is 35.5. The van der Waals surface area contributed by atoms with Crippen LogP contribution in [-0.2, 0) is 0 Å². The molecule has 0 N–H and O–H groups in total. The van der Waals surface area contributed by atoms with Crippen molar-refractivity contribution in [3.63, 3.8) is 0 Å². The Labute approximate surface area is 389 Å². The topological polar surface area (TPSA) is 38.7 Å². The summed E-state index contributed by atoms with van der Waals surface area (Å²) in [6.07, 6.45) is 0. The van der Waals surface area contributed by atoms with Crippen LogP contribution < -0.4 is 0 Å². The Morgan fingerprint density at radius 1 is 0.258 bits per heavy atom. The van der Waals surface area contributed by atoms with Crippen LogP contribution in [0.25, 0.3) is 130 Å². The van der Waals surface area contributed by atoms with Gasteiger partial charge in [0.25, 0.3) is 0 Å². The monoisotopic (exact) mass is 875 g/mol. The number of benzene rings is 10. The van der Waals surface area contributed by atoms with Crippen LogP contribution >= 0.6 is 22.7 Å². The molecule has 0 amide bonds. The van der Waals surface area contributed by atoms with Crippen LogP contribution in [0.15, 0.2) is 224 Å². The first-order chi connectivity index (χ1) is 32.7. The number of rotatable bonds is 7. The van der Waals surface area contributed by atoms with Gasteiger partial charge in [-0.15, -0.1) is 22.7 Å². The summed E-state index contributed by atoms with van der Waals surface area (Å²) in [6, 6.07) is 80.6. The van der Waals surface area contributed by atoms with Crippen molar-refractivity contribution in [3.05, 3.63) is 224 Å². The molecule has 0 fully saturated rings. The van der Waals surface area contributed by atoms with Crippen molar-refractivity contribution in [3.8, 4) is 78.7 Å². The molecular formula is C61H37N3S2. The molecule has 10 aromatic carbocycles. The molecule has 3 nitrogen and oxygen atoms in total. The summed E-state index contributed by atoms with van der Waals surface area (Å²) in [4.78, 5) is 16.8. The Morgan fingerprint density at radius 2 is 0.682 bits per heavy atom. The van der Waals surface area contributed by atoms with Gasteiger partial charge in [0, 0.05) is 57.0 Å². The molecule has 0 saturated heterocycles. The summed E-state index contributed by atoms with van der Waals surface area (Å²) in [6.45, 7) is 0. The van der Waals surface area contributed by atoms with Crippen molar-refractivity contribution >= 4 is 73.8 Å². The Hall–Kier alpha value is -8.09. The van der Waals surface area contributed by atoms with Gasteiger partial charge in [0.15, 0.2) is 17.5 Å². The molecule has 13 aromatic rings. The highest BCUT2D eigenvalue weighted by Crippen LogP contribution is 2.47. The first-order valence-electron chi connectivity index (χ1n) is 22.2. The lowest BCUT2D eigenvalue weighted by molar-refractivity contribution is 1.08. The third-order valence-electron chi connectivity index (χ3n) is 12.8. The van der Waals surface area contributed by atoms with E-state index in [1.54, 1.807) is 22.7 Å². The maximum absolute atomic E-state index is 5.65. The molecule has 3 heterocycles. The first-order valence-corrected chi connectivity index (χ1v) is 23.8. The molecule has 0 aliphatic rings. The largest absolute Gasteiger partial charge is 0.208 e. The lowest BCUT2D eigenvalue weighted by Gasteiger charge is -2.20. The fourth-order valence-corrected chi connectivity index (χ4v) is 12.1. The normalized spacial score (nSPS) is 11.6. The highest BCUT2D eigenvalue weighted by molar-refractivity contribution is 7.26. The summed E-state index contributed by atoms with van der Waals surface area (Å²) in [7, 11) is 0. The smallest absolute Gasteiger partial charge is 0.165 e. The number of nitrogens with zero attached hydrogens (tertiary/aromatic N) is 3. The van der Waals surface area contributed by atoms with Gasteiger partial charge in [0.05, 0.1) is 0 Å². The van der Waals surface area contributed by atoms with Crippen LogP contribution in [0.1, 0.15) is 0 Å². The SMILES string of the molecule is c1ccc(-c2ccc(-c3cc(-c4ccccc4)cc(-c4cccc5ccccc45)c3-c3nc(-c4cccc5c4sc4ccccc45)nc(-c4cccc5c4sc4ccccc45)n3)cc2)cc1. The molecule has 0 radical (unpaired) electrons. The minimum atomic E-state index is 0.621. The van der Waals surface area contributed by atoms with Crippen LogP contribution in [-0.4, -0.2) is 15.0 Å². The van der Waals surface area contributed by atoms with Crippen molar-refractivity contribution in [1.82, 2.24) is 15.0 Å². The highest BCUT2D eigenvalue weighted by Gasteiger charge is 2.25. The van der Waals surface area contributed by atoms with Crippen molar-refractivity contribution in [2.75, 3.05) is 0 Å². The fourth-order valence-electron chi connectivity index (χ4n) is 9.63. The lowest BCUT2D eigenvalue weighted by Crippen LogP contribution is -2.03. The number of hydrogen-bond acceptors (Lipinski definition) is 5. The summed E-state index contributed by atoms with van der Waals surface area (Å²) in [5.74, 6) is 1.91. The second kappa shape index (κ2) is 15.9. The predicted octanol–water partition coefficient (Wildman–Crippen LogP) is 17.4. The van der Waals surface area contributed by atoms with E-state index in [0.717, 1.165) is 70.4 Å². The molecule has 5 heteroatoms. The Balaban J connectivity index is 1.16. The molecule has 308 valence electrons. The molecule has 13 rings (SSSR count). The van der Waals surface area contributed by atoms with E-state index in [1.165, 1.54) is 41.9 Å². The van der Waals surface area contributed by atoms with Crippen LogP contribution in [0.4, 0.5) is 0 Å². The van der Waals surface area contributed by atoms with E-state index in [2.05, 4.69) is 224 Å². The predicted molar refractivity (Wildman–Crippen MR) is 281 cm³/mol. The van der Waals surface area contributed by atoms with Gasteiger partial charge in [-0.25, -0.2) is 15.0 Å². The van der Waals surface area contributed by atoms with Crippen LogP contribution in [0.3, 0.4) is 0 Å². The van der Waals surface area contributed by atoms with E-state index in [-0.39, 0.29) is 0 Å². The number of hydrogen-bond donors (Lipinski definition) is 0. The molecular weight excluding hydrogens is 839 g/mol. The van der Waals surface area contributed by atoms with Gasteiger partial charge in [0.2, 0.25) is 0 Å². The van der Waals surface area contributed by atoms with Gasteiger partial charge in [0.1, 0.15) is 0 Å². The maximum atomic E-state index is 5.65. The van der Waals surface area contributed by atoms with Crippen molar-refractivity contribution in [2.45, 2.75) is 0 Å². The molecule has 0 bridgehead atoms. The average Bonchev–Trinajstić information content (AvgIpc) is 3.97. The van der Waals surface area contributed by atoms with Gasteiger partial charge in [-0.05, 0) is 91.7 Å². The van der Waals surface area contributed by atoms with Crippen molar-refractivity contribution < 1.29 is 0 Å². The molecule has 0 atom stereocenters. The third-order valence-corrected chi connectivity index (χ3v) is 15.2. The second-order valence-corrected chi connectivity index (χ2v) is 18.8.